The lowest BCUT2D eigenvalue weighted by molar-refractivity contribution is -0.151. The van der Waals surface area contributed by atoms with Gasteiger partial charge in [-0.25, -0.2) is 0 Å². The maximum Gasteiger partial charge on any atom is 0.306 e. The molecule has 0 aliphatic heterocycles. The Bertz CT molecular complexity index is 1250. The minimum Gasteiger partial charge on any atom is -0.462 e. The number of ether oxygens (including phenoxy) is 1. The van der Waals surface area contributed by atoms with Crippen molar-refractivity contribution in [3.8, 4) is 0 Å². The monoisotopic (exact) mass is 906 g/mol. The summed E-state index contributed by atoms with van der Waals surface area (Å²) in [6.45, 7) is 6.40. The van der Waals surface area contributed by atoms with Crippen LogP contribution in [0.25, 0.3) is 0 Å². The van der Waals surface area contributed by atoms with Crippen LogP contribution in [0.3, 0.4) is 0 Å². The molecular weight excluding hydrogens is 803 g/mol. The number of nitrogens with one attached hydrogen (secondary N) is 1. The van der Waals surface area contributed by atoms with Gasteiger partial charge in [-0.05, 0) is 89.9 Å². The van der Waals surface area contributed by atoms with Crippen molar-refractivity contribution in [2.24, 2.45) is 0 Å². The molecule has 3 N–H and O–H groups in total. The molecule has 3 atom stereocenters. The molecule has 6 heteroatoms. The van der Waals surface area contributed by atoms with Gasteiger partial charge in [0.25, 0.3) is 0 Å². The van der Waals surface area contributed by atoms with Crippen molar-refractivity contribution < 1.29 is 24.5 Å². The lowest BCUT2D eigenvalue weighted by atomic mass is 10.0. The van der Waals surface area contributed by atoms with Crippen molar-refractivity contribution in [3.05, 3.63) is 85.1 Å². The van der Waals surface area contributed by atoms with Crippen LogP contribution in [0.4, 0.5) is 0 Å². The van der Waals surface area contributed by atoms with Crippen LogP contribution in [0.1, 0.15) is 252 Å². The summed E-state index contributed by atoms with van der Waals surface area (Å²) in [6, 6.07) is -0.724. The van der Waals surface area contributed by atoms with E-state index in [-0.39, 0.29) is 24.9 Å². The van der Waals surface area contributed by atoms with Gasteiger partial charge in [0, 0.05) is 6.42 Å². The van der Waals surface area contributed by atoms with E-state index in [0.717, 1.165) is 96.3 Å². The molecule has 3 unspecified atom stereocenters. The van der Waals surface area contributed by atoms with Gasteiger partial charge >= 0.3 is 5.97 Å². The largest absolute Gasteiger partial charge is 0.462 e. The molecule has 0 saturated carbocycles. The van der Waals surface area contributed by atoms with E-state index in [1.165, 1.54) is 109 Å². The molecule has 0 saturated heterocycles. The summed E-state index contributed by atoms with van der Waals surface area (Å²) in [6.07, 6.45) is 67.8. The van der Waals surface area contributed by atoms with Crippen molar-refractivity contribution in [3.63, 3.8) is 0 Å². The molecule has 0 heterocycles. The van der Waals surface area contributed by atoms with Crippen molar-refractivity contribution in [1.29, 1.82) is 0 Å². The van der Waals surface area contributed by atoms with Crippen LogP contribution in [0.15, 0.2) is 85.1 Å². The number of hydrogen-bond donors (Lipinski definition) is 3. The van der Waals surface area contributed by atoms with Crippen molar-refractivity contribution in [2.75, 3.05) is 6.61 Å². The first-order valence-corrected chi connectivity index (χ1v) is 27.4. The molecule has 6 nitrogen and oxygen atoms in total. The highest BCUT2D eigenvalue weighted by atomic mass is 16.5. The quantitative estimate of drug-likeness (QED) is 0.0245. The number of aliphatic hydroxyl groups excluding tert-OH is 2. The Morgan fingerprint density at radius 3 is 1.37 bits per heavy atom. The van der Waals surface area contributed by atoms with Crippen LogP contribution in [0.2, 0.25) is 0 Å². The van der Waals surface area contributed by atoms with Gasteiger partial charge in [-0.15, -0.1) is 0 Å². The third kappa shape index (κ3) is 47.3. The predicted molar refractivity (Wildman–Crippen MR) is 282 cm³/mol. The van der Waals surface area contributed by atoms with Crippen LogP contribution in [-0.4, -0.2) is 46.9 Å². The molecular formula is C59H103NO5. The van der Waals surface area contributed by atoms with E-state index in [9.17, 15) is 19.8 Å². The summed E-state index contributed by atoms with van der Waals surface area (Å²) in [5, 5.41) is 23.8. The normalized spacial score (nSPS) is 13.9. The molecule has 0 radical (unpaired) electrons. The second kappa shape index (κ2) is 52.0. The summed E-state index contributed by atoms with van der Waals surface area (Å²) in [7, 11) is 0. The Hall–Kier alpha value is -2.96. The van der Waals surface area contributed by atoms with E-state index >= 15 is 0 Å². The molecule has 0 fully saturated rings. The van der Waals surface area contributed by atoms with Crippen molar-refractivity contribution in [2.45, 2.75) is 270 Å². The Morgan fingerprint density at radius 1 is 0.462 bits per heavy atom. The average molecular weight is 906 g/mol. The number of aliphatic hydroxyl groups is 2. The Morgan fingerprint density at radius 2 is 0.846 bits per heavy atom. The van der Waals surface area contributed by atoms with Crippen LogP contribution >= 0.6 is 0 Å². The van der Waals surface area contributed by atoms with E-state index in [4.69, 9.17) is 4.74 Å². The molecule has 0 aromatic heterocycles. The van der Waals surface area contributed by atoms with E-state index in [1.54, 1.807) is 0 Å². The highest BCUT2D eigenvalue weighted by Gasteiger charge is 2.24. The van der Waals surface area contributed by atoms with Crippen LogP contribution in [0, 0.1) is 0 Å². The zero-order chi connectivity index (χ0) is 47.4. The van der Waals surface area contributed by atoms with Gasteiger partial charge in [0.15, 0.2) is 0 Å². The highest BCUT2D eigenvalue weighted by molar-refractivity contribution is 5.77. The average Bonchev–Trinajstić information content (AvgIpc) is 3.30. The Labute approximate surface area is 402 Å². The fraction of sp³-hybridized carbons (Fsp3) is 0.729. The molecule has 374 valence electrons. The number of amides is 1. The van der Waals surface area contributed by atoms with E-state index < -0.39 is 18.2 Å². The predicted octanol–water partition coefficient (Wildman–Crippen LogP) is 16.7. The van der Waals surface area contributed by atoms with Gasteiger partial charge in [-0.3, -0.25) is 9.59 Å². The molecule has 0 aromatic rings. The minimum atomic E-state index is -0.807. The lowest BCUT2D eigenvalue weighted by Crippen LogP contribution is -2.46. The van der Waals surface area contributed by atoms with Gasteiger partial charge in [-0.2, -0.15) is 0 Å². The molecule has 1 amide bonds. The lowest BCUT2D eigenvalue weighted by Gasteiger charge is -2.24. The summed E-state index contributed by atoms with van der Waals surface area (Å²) >= 11 is 0. The Balaban J connectivity index is 4.72. The number of unbranched alkanes of at least 4 members (excludes halogenated alkanes) is 25. The molecule has 0 aromatic carbocycles. The third-order valence-electron chi connectivity index (χ3n) is 12.0. The topological polar surface area (TPSA) is 95.9 Å². The molecule has 65 heavy (non-hydrogen) atoms. The Kier molecular flexibility index (Phi) is 49.6. The number of hydrogen-bond acceptors (Lipinski definition) is 5. The highest BCUT2D eigenvalue weighted by Crippen LogP contribution is 2.17. The van der Waals surface area contributed by atoms with E-state index in [1.807, 2.05) is 6.08 Å². The van der Waals surface area contributed by atoms with E-state index in [0.29, 0.717) is 19.3 Å². The van der Waals surface area contributed by atoms with Crippen LogP contribution < -0.4 is 5.32 Å². The first-order chi connectivity index (χ1) is 32.0. The SMILES string of the molecule is CCCCC/C=C\C/C=C\C/C=C\CCCCCCC(=O)OC(CCCCC/C=C/C=C/C=C/C=C/CCCCC)CC(=O)NC(CO)C(O)CCCCCCCCCCCCCCC. The maximum atomic E-state index is 13.2. The van der Waals surface area contributed by atoms with Gasteiger partial charge in [-0.1, -0.05) is 234 Å². The number of carbonyl (C=O) groups excluding carboxylic acids is 2. The van der Waals surface area contributed by atoms with Crippen LogP contribution in [0.5, 0.6) is 0 Å². The smallest absolute Gasteiger partial charge is 0.306 e. The second-order valence-corrected chi connectivity index (χ2v) is 18.4. The minimum absolute atomic E-state index is 0.0388. The van der Waals surface area contributed by atoms with Crippen molar-refractivity contribution in [1.82, 2.24) is 5.32 Å². The maximum absolute atomic E-state index is 13.2. The van der Waals surface area contributed by atoms with Gasteiger partial charge in [0.1, 0.15) is 6.10 Å². The first kappa shape index (κ1) is 62.0. The number of allylic oxidation sites excluding steroid dienone is 14. The number of carbonyl (C=O) groups is 2. The third-order valence-corrected chi connectivity index (χ3v) is 12.0. The molecule has 0 bridgehead atoms. The standard InChI is InChI=1S/C59H103NO5/c1-4-7-10-13-16-19-22-25-27-29-31-34-37-40-43-46-49-52-59(64)65-55(50-47-44-41-38-35-33-30-28-26-23-20-17-14-11-8-5-2)53-58(63)60-56(54-61)57(62)51-48-45-42-39-36-32-24-21-18-15-12-9-6-3/h16-17,19-20,23,25-28,30-31,33-35,55-57,61-62H,4-15,18,21-22,24,29,32,36-54H2,1-3H3,(H,60,63)/b19-16-,20-17+,26-23+,27-25-,30-28+,34-31-,35-33+. The number of esters is 1. The van der Waals surface area contributed by atoms with E-state index in [2.05, 4.69) is 105 Å². The molecule has 0 rings (SSSR count). The second-order valence-electron chi connectivity index (χ2n) is 18.4. The zero-order valence-electron chi connectivity index (χ0n) is 42.6. The summed E-state index contributed by atoms with van der Waals surface area (Å²) < 4.78 is 5.92. The van der Waals surface area contributed by atoms with Crippen LogP contribution in [-0.2, 0) is 14.3 Å². The fourth-order valence-electron chi connectivity index (χ4n) is 7.86. The summed E-state index contributed by atoms with van der Waals surface area (Å²) in [5.74, 6) is -0.539. The van der Waals surface area contributed by atoms with Crippen molar-refractivity contribution >= 4 is 11.9 Å². The summed E-state index contributed by atoms with van der Waals surface area (Å²) in [4.78, 5) is 26.2. The number of rotatable bonds is 48. The zero-order valence-corrected chi connectivity index (χ0v) is 42.6. The van der Waals surface area contributed by atoms with Gasteiger partial charge in [0.05, 0.1) is 25.2 Å². The summed E-state index contributed by atoms with van der Waals surface area (Å²) in [5.41, 5.74) is 0. The molecule has 0 spiro atoms. The molecule has 0 aliphatic carbocycles. The van der Waals surface area contributed by atoms with Gasteiger partial charge in [0.2, 0.25) is 5.91 Å². The first-order valence-electron chi connectivity index (χ1n) is 27.4. The molecule has 0 aliphatic rings. The fourth-order valence-corrected chi connectivity index (χ4v) is 7.86. The van der Waals surface area contributed by atoms with Gasteiger partial charge < -0.3 is 20.3 Å².